The highest BCUT2D eigenvalue weighted by atomic mass is 16.5. The molecule has 1 aliphatic rings. The lowest BCUT2D eigenvalue weighted by Gasteiger charge is -2.18. The van der Waals surface area contributed by atoms with Crippen LogP contribution in [0.15, 0.2) is 24.3 Å². The van der Waals surface area contributed by atoms with Gasteiger partial charge in [0, 0.05) is 32.6 Å². The van der Waals surface area contributed by atoms with Crippen LogP contribution in [-0.4, -0.2) is 48.3 Å². The highest BCUT2D eigenvalue weighted by Gasteiger charge is 2.35. The van der Waals surface area contributed by atoms with E-state index >= 15 is 0 Å². The second-order valence-electron chi connectivity index (χ2n) is 5.66. The summed E-state index contributed by atoms with van der Waals surface area (Å²) in [7, 11) is 0. The van der Waals surface area contributed by atoms with Crippen molar-refractivity contribution in [3.63, 3.8) is 0 Å². The zero-order chi connectivity index (χ0) is 16.8. The van der Waals surface area contributed by atoms with Crippen LogP contribution < -0.4 is 16.0 Å². The van der Waals surface area contributed by atoms with Crippen molar-refractivity contribution in [2.75, 3.05) is 18.5 Å². The van der Waals surface area contributed by atoms with Crippen LogP contribution in [-0.2, 0) is 20.9 Å². The number of ether oxygens (including phenoxy) is 1. The Balaban J connectivity index is 1.79. The number of rotatable bonds is 6. The standard InChI is InChI=1S/C16H23N3O4/c1-10(20)17-8-15-16(22)14(9-23-15)18-7-12-3-5-13(6-4-12)19-11(2)21/h3-6,14-16,18,22H,7-9H2,1-2H3,(H,17,20)(H,19,21)/t14-,15-,16+/m1/s1. The number of carbonyl (C=O) groups excluding carboxylic acids is 2. The van der Waals surface area contributed by atoms with E-state index < -0.39 is 12.2 Å². The molecule has 126 valence electrons. The highest BCUT2D eigenvalue weighted by Crippen LogP contribution is 2.15. The Kier molecular flexibility index (Phi) is 6.09. The van der Waals surface area contributed by atoms with Crippen LogP contribution in [0.4, 0.5) is 5.69 Å². The Morgan fingerprint density at radius 3 is 2.52 bits per heavy atom. The fourth-order valence-corrected chi connectivity index (χ4v) is 2.45. The molecule has 7 heteroatoms. The molecule has 0 bridgehead atoms. The van der Waals surface area contributed by atoms with E-state index in [0.29, 0.717) is 19.7 Å². The summed E-state index contributed by atoms with van der Waals surface area (Å²) in [5, 5.41) is 18.8. The van der Waals surface area contributed by atoms with Crippen molar-refractivity contribution in [2.45, 2.75) is 38.6 Å². The fourth-order valence-electron chi connectivity index (χ4n) is 2.45. The monoisotopic (exact) mass is 321 g/mol. The third-order valence-corrected chi connectivity index (χ3v) is 3.68. The molecule has 1 fully saturated rings. The van der Waals surface area contributed by atoms with Crippen LogP contribution in [0.3, 0.4) is 0 Å². The van der Waals surface area contributed by atoms with E-state index in [1.54, 1.807) is 0 Å². The summed E-state index contributed by atoms with van der Waals surface area (Å²) in [4.78, 5) is 21.9. The predicted molar refractivity (Wildman–Crippen MR) is 85.8 cm³/mol. The highest BCUT2D eigenvalue weighted by molar-refractivity contribution is 5.88. The third kappa shape index (κ3) is 5.31. The van der Waals surface area contributed by atoms with Gasteiger partial charge in [0.15, 0.2) is 0 Å². The summed E-state index contributed by atoms with van der Waals surface area (Å²) in [6.45, 7) is 4.18. The molecule has 3 atom stereocenters. The van der Waals surface area contributed by atoms with Crippen molar-refractivity contribution in [1.82, 2.24) is 10.6 Å². The minimum atomic E-state index is -0.666. The summed E-state index contributed by atoms with van der Waals surface area (Å²) in [6, 6.07) is 7.31. The third-order valence-electron chi connectivity index (χ3n) is 3.68. The number of hydrogen-bond acceptors (Lipinski definition) is 5. The Morgan fingerprint density at radius 2 is 1.91 bits per heavy atom. The van der Waals surface area contributed by atoms with Crippen molar-refractivity contribution >= 4 is 17.5 Å². The maximum Gasteiger partial charge on any atom is 0.221 e. The molecule has 0 unspecified atom stereocenters. The normalized spacial score (nSPS) is 23.5. The quantitative estimate of drug-likeness (QED) is 0.591. The number of aliphatic hydroxyl groups excluding tert-OH is 1. The molecule has 0 aromatic heterocycles. The number of hydrogen-bond donors (Lipinski definition) is 4. The van der Waals surface area contributed by atoms with Crippen molar-refractivity contribution < 1.29 is 19.4 Å². The van der Waals surface area contributed by atoms with Gasteiger partial charge in [-0.05, 0) is 17.7 Å². The number of anilines is 1. The Hall–Kier alpha value is -1.96. The van der Waals surface area contributed by atoms with Gasteiger partial charge in [0.1, 0.15) is 6.10 Å². The van der Waals surface area contributed by atoms with Gasteiger partial charge in [-0.1, -0.05) is 12.1 Å². The van der Waals surface area contributed by atoms with Gasteiger partial charge in [0.05, 0.1) is 18.8 Å². The summed E-state index contributed by atoms with van der Waals surface area (Å²) >= 11 is 0. The molecule has 1 heterocycles. The van der Waals surface area contributed by atoms with Gasteiger partial charge in [-0.15, -0.1) is 0 Å². The first-order valence-electron chi connectivity index (χ1n) is 7.59. The maximum absolute atomic E-state index is 11.0. The average molecular weight is 321 g/mol. The summed E-state index contributed by atoms with van der Waals surface area (Å²) in [6.07, 6.45) is -1.06. The molecule has 1 saturated heterocycles. The maximum atomic E-state index is 11.0. The average Bonchev–Trinajstić information content (AvgIpc) is 2.84. The molecular weight excluding hydrogens is 298 g/mol. The molecule has 1 aromatic rings. The zero-order valence-electron chi connectivity index (χ0n) is 13.3. The van der Waals surface area contributed by atoms with Gasteiger partial charge >= 0.3 is 0 Å². The SMILES string of the molecule is CC(=O)NC[C@H]1OC[C@@H](NCc2ccc(NC(C)=O)cc2)[C@@H]1O. The molecule has 2 amide bonds. The van der Waals surface area contributed by atoms with Crippen LogP contribution >= 0.6 is 0 Å². The van der Waals surface area contributed by atoms with Gasteiger partial charge in [0.25, 0.3) is 0 Å². The van der Waals surface area contributed by atoms with Gasteiger partial charge < -0.3 is 25.8 Å². The first-order valence-corrected chi connectivity index (χ1v) is 7.59. The van der Waals surface area contributed by atoms with Crippen LogP contribution in [0.25, 0.3) is 0 Å². The molecule has 7 nitrogen and oxygen atoms in total. The lowest BCUT2D eigenvalue weighted by atomic mass is 10.1. The zero-order valence-corrected chi connectivity index (χ0v) is 13.3. The molecule has 1 aliphatic heterocycles. The van der Waals surface area contributed by atoms with Gasteiger partial charge in [-0.25, -0.2) is 0 Å². The van der Waals surface area contributed by atoms with Gasteiger partial charge in [0.2, 0.25) is 11.8 Å². The minimum Gasteiger partial charge on any atom is -0.389 e. The van der Waals surface area contributed by atoms with E-state index in [-0.39, 0.29) is 17.9 Å². The Labute approximate surface area is 135 Å². The largest absolute Gasteiger partial charge is 0.389 e. The van der Waals surface area contributed by atoms with Crippen molar-refractivity contribution in [3.05, 3.63) is 29.8 Å². The van der Waals surface area contributed by atoms with E-state index in [1.165, 1.54) is 13.8 Å². The molecule has 0 aliphatic carbocycles. The summed E-state index contributed by atoms with van der Waals surface area (Å²) in [5.41, 5.74) is 1.79. The molecule has 1 aromatic carbocycles. The van der Waals surface area contributed by atoms with Gasteiger partial charge in [-0.2, -0.15) is 0 Å². The number of aliphatic hydroxyl groups is 1. The first kappa shape index (κ1) is 17.4. The Bertz CT molecular complexity index is 547. The number of carbonyl (C=O) groups is 2. The predicted octanol–water partition coefficient (Wildman–Crippen LogP) is -0.001000. The molecule has 0 saturated carbocycles. The van der Waals surface area contributed by atoms with E-state index in [0.717, 1.165) is 11.3 Å². The fraction of sp³-hybridized carbons (Fsp3) is 0.500. The van der Waals surface area contributed by atoms with E-state index in [2.05, 4.69) is 16.0 Å². The van der Waals surface area contributed by atoms with Crippen LogP contribution in [0.2, 0.25) is 0 Å². The molecule has 0 spiro atoms. The van der Waals surface area contributed by atoms with Crippen molar-refractivity contribution in [3.8, 4) is 0 Å². The molecule has 0 radical (unpaired) electrons. The summed E-state index contributed by atoms with van der Waals surface area (Å²) in [5.74, 6) is -0.246. The number of amides is 2. The van der Waals surface area contributed by atoms with E-state index in [4.69, 9.17) is 4.74 Å². The second kappa shape index (κ2) is 8.05. The number of nitrogens with one attached hydrogen (secondary N) is 3. The van der Waals surface area contributed by atoms with Crippen LogP contribution in [0, 0.1) is 0 Å². The van der Waals surface area contributed by atoms with Crippen LogP contribution in [0.1, 0.15) is 19.4 Å². The lowest BCUT2D eigenvalue weighted by molar-refractivity contribution is -0.119. The van der Waals surface area contributed by atoms with Crippen molar-refractivity contribution in [2.24, 2.45) is 0 Å². The van der Waals surface area contributed by atoms with E-state index in [9.17, 15) is 14.7 Å². The Morgan fingerprint density at radius 1 is 1.22 bits per heavy atom. The minimum absolute atomic E-state index is 0.104. The molecule has 2 rings (SSSR count). The molecule has 23 heavy (non-hydrogen) atoms. The smallest absolute Gasteiger partial charge is 0.221 e. The second-order valence-corrected chi connectivity index (χ2v) is 5.66. The molecular formula is C16H23N3O4. The topological polar surface area (TPSA) is 99.7 Å². The van der Waals surface area contributed by atoms with Gasteiger partial charge in [-0.3, -0.25) is 9.59 Å². The summed E-state index contributed by atoms with van der Waals surface area (Å²) < 4.78 is 5.50. The first-order chi connectivity index (χ1) is 11.0. The van der Waals surface area contributed by atoms with E-state index in [1.807, 2.05) is 24.3 Å². The van der Waals surface area contributed by atoms with Crippen LogP contribution in [0.5, 0.6) is 0 Å². The number of benzene rings is 1. The molecule has 4 N–H and O–H groups in total. The van der Waals surface area contributed by atoms with Crippen molar-refractivity contribution in [1.29, 1.82) is 0 Å². The lowest BCUT2D eigenvalue weighted by Crippen LogP contribution is -2.44.